The molecule has 0 fully saturated rings. The van der Waals surface area contributed by atoms with E-state index in [0.717, 1.165) is 17.7 Å². The number of hydrogen-bond acceptors (Lipinski definition) is 3. The van der Waals surface area contributed by atoms with Gasteiger partial charge in [-0.25, -0.2) is 0 Å². The summed E-state index contributed by atoms with van der Waals surface area (Å²) in [5.41, 5.74) is 7.79. The Morgan fingerprint density at radius 2 is 1.90 bits per heavy atom. The summed E-state index contributed by atoms with van der Waals surface area (Å²) in [5.74, 6) is 0. The minimum absolute atomic E-state index is 0.628. The van der Waals surface area contributed by atoms with Crippen LogP contribution in [0.3, 0.4) is 0 Å². The van der Waals surface area contributed by atoms with Crippen LogP contribution in [0.15, 0.2) is 64.5 Å². The highest BCUT2D eigenvalue weighted by atomic mass is 32.2. The van der Waals surface area contributed by atoms with Gasteiger partial charge in [-0.2, -0.15) is 0 Å². The van der Waals surface area contributed by atoms with Gasteiger partial charge in [0.05, 0.1) is 11.2 Å². The first-order chi connectivity index (χ1) is 9.88. The van der Waals surface area contributed by atoms with E-state index in [4.69, 9.17) is 5.73 Å². The van der Waals surface area contributed by atoms with Crippen LogP contribution in [0.4, 0.5) is 5.69 Å². The van der Waals surface area contributed by atoms with Gasteiger partial charge in [0.1, 0.15) is 0 Å². The van der Waals surface area contributed by atoms with Gasteiger partial charge in [0.2, 0.25) is 0 Å². The van der Waals surface area contributed by atoms with Crippen molar-refractivity contribution in [2.24, 2.45) is 5.73 Å². The second-order valence-corrected chi connectivity index (χ2v) is 5.63. The molecule has 0 aliphatic heterocycles. The SMILES string of the molecule is NCCNc1cccc2c(Sc3ccccc3)c[nH]c12. The highest BCUT2D eigenvalue weighted by Gasteiger charge is 2.08. The van der Waals surface area contributed by atoms with Crippen molar-refractivity contribution in [1.82, 2.24) is 4.98 Å². The third kappa shape index (κ3) is 2.66. The summed E-state index contributed by atoms with van der Waals surface area (Å²) < 4.78 is 0. The maximum atomic E-state index is 5.55. The molecule has 0 radical (unpaired) electrons. The molecule has 0 spiro atoms. The number of hydrogen-bond donors (Lipinski definition) is 3. The third-order valence-corrected chi connectivity index (χ3v) is 4.17. The first kappa shape index (κ1) is 13.1. The molecule has 2 aromatic carbocycles. The van der Waals surface area contributed by atoms with Crippen LogP contribution in [-0.2, 0) is 0 Å². The standard InChI is InChI=1S/C16H17N3S/c17-9-10-18-14-8-4-7-13-15(11-19-16(13)14)20-12-5-2-1-3-6-12/h1-8,11,18-19H,9-10,17H2. The molecule has 4 N–H and O–H groups in total. The molecule has 0 aliphatic carbocycles. The minimum atomic E-state index is 0.628. The molecular weight excluding hydrogens is 266 g/mol. The molecular formula is C16H17N3S. The average molecular weight is 283 g/mol. The number of rotatable bonds is 5. The Morgan fingerprint density at radius 1 is 1.05 bits per heavy atom. The summed E-state index contributed by atoms with van der Waals surface area (Å²) in [5, 5.41) is 4.59. The summed E-state index contributed by atoms with van der Waals surface area (Å²) in [4.78, 5) is 5.84. The maximum absolute atomic E-state index is 5.55. The lowest BCUT2D eigenvalue weighted by Crippen LogP contribution is -2.13. The van der Waals surface area contributed by atoms with Crippen LogP contribution in [0.5, 0.6) is 0 Å². The molecule has 3 aromatic rings. The lowest BCUT2D eigenvalue weighted by molar-refractivity contribution is 1.03. The molecule has 0 atom stereocenters. The number of benzene rings is 2. The summed E-state index contributed by atoms with van der Waals surface area (Å²) in [6.45, 7) is 1.40. The smallest absolute Gasteiger partial charge is 0.0701 e. The van der Waals surface area contributed by atoms with Gasteiger partial charge in [0.25, 0.3) is 0 Å². The molecule has 3 nitrogen and oxygen atoms in total. The predicted molar refractivity (Wildman–Crippen MR) is 86.4 cm³/mol. The van der Waals surface area contributed by atoms with Crippen molar-refractivity contribution in [2.45, 2.75) is 9.79 Å². The lowest BCUT2D eigenvalue weighted by Gasteiger charge is -2.06. The first-order valence-electron chi connectivity index (χ1n) is 6.65. The quantitative estimate of drug-likeness (QED) is 0.669. The van der Waals surface area contributed by atoms with Crippen molar-refractivity contribution in [2.75, 3.05) is 18.4 Å². The van der Waals surface area contributed by atoms with Crippen molar-refractivity contribution in [3.63, 3.8) is 0 Å². The van der Waals surface area contributed by atoms with Gasteiger partial charge < -0.3 is 16.0 Å². The predicted octanol–water partition coefficient (Wildman–Crippen LogP) is 3.69. The summed E-state index contributed by atoms with van der Waals surface area (Å²) in [6, 6.07) is 16.7. The number of nitrogens with one attached hydrogen (secondary N) is 2. The zero-order valence-corrected chi connectivity index (χ0v) is 11.9. The Bertz CT molecular complexity index is 691. The number of para-hydroxylation sites is 1. The summed E-state index contributed by atoms with van der Waals surface area (Å²) >= 11 is 1.77. The van der Waals surface area contributed by atoms with Crippen molar-refractivity contribution in [3.8, 4) is 0 Å². The largest absolute Gasteiger partial charge is 0.382 e. The van der Waals surface area contributed by atoms with E-state index >= 15 is 0 Å². The normalized spacial score (nSPS) is 10.8. The average Bonchev–Trinajstić information content (AvgIpc) is 2.90. The zero-order valence-electron chi connectivity index (χ0n) is 11.1. The van der Waals surface area contributed by atoms with E-state index in [0.29, 0.717) is 6.54 Å². The Labute approximate surface area is 122 Å². The Morgan fingerprint density at radius 3 is 2.70 bits per heavy atom. The topological polar surface area (TPSA) is 53.8 Å². The second kappa shape index (κ2) is 6.03. The van der Waals surface area contributed by atoms with Crippen molar-refractivity contribution in [1.29, 1.82) is 0 Å². The van der Waals surface area contributed by atoms with Crippen LogP contribution in [0.25, 0.3) is 10.9 Å². The molecule has 4 heteroatoms. The van der Waals surface area contributed by atoms with Gasteiger partial charge in [0, 0.05) is 34.5 Å². The number of fused-ring (bicyclic) bond motifs is 1. The Balaban J connectivity index is 1.93. The van der Waals surface area contributed by atoms with E-state index in [1.54, 1.807) is 11.8 Å². The number of anilines is 1. The van der Waals surface area contributed by atoms with E-state index in [2.05, 4.69) is 59.0 Å². The van der Waals surface area contributed by atoms with Crippen molar-refractivity contribution < 1.29 is 0 Å². The van der Waals surface area contributed by atoms with Crippen LogP contribution in [0.2, 0.25) is 0 Å². The van der Waals surface area contributed by atoms with Crippen LogP contribution < -0.4 is 11.1 Å². The number of H-pyrrole nitrogens is 1. The van der Waals surface area contributed by atoms with E-state index in [-0.39, 0.29) is 0 Å². The highest BCUT2D eigenvalue weighted by Crippen LogP contribution is 2.35. The van der Waals surface area contributed by atoms with Gasteiger partial charge in [0.15, 0.2) is 0 Å². The monoisotopic (exact) mass is 283 g/mol. The number of nitrogens with two attached hydrogens (primary N) is 1. The molecule has 0 unspecified atom stereocenters. The van der Waals surface area contributed by atoms with Crippen LogP contribution in [0.1, 0.15) is 0 Å². The van der Waals surface area contributed by atoms with Gasteiger partial charge in [-0.1, -0.05) is 42.1 Å². The van der Waals surface area contributed by atoms with Gasteiger partial charge in [-0.15, -0.1) is 0 Å². The van der Waals surface area contributed by atoms with Crippen molar-refractivity contribution in [3.05, 3.63) is 54.7 Å². The highest BCUT2D eigenvalue weighted by molar-refractivity contribution is 7.99. The van der Waals surface area contributed by atoms with E-state index in [1.165, 1.54) is 15.2 Å². The molecule has 0 saturated heterocycles. The first-order valence-corrected chi connectivity index (χ1v) is 7.47. The van der Waals surface area contributed by atoms with Crippen molar-refractivity contribution >= 4 is 28.4 Å². The molecule has 0 aliphatic rings. The minimum Gasteiger partial charge on any atom is -0.382 e. The summed E-state index contributed by atoms with van der Waals surface area (Å²) in [7, 11) is 0. The van der Waals surface area contributed by atoms with E-state index in [1.807, 2.05) is 6.07 Å². The number of aromatic nitrogens is 1. The fourth-order valence-corrected chi connectivity index (χ4v) is 3.13. The van der Waals surface area contributed by atoms with Crippen LogP contribution >= 0.6 is 11.8 Å². The van der Waals surface area contributed by atoms with Gasteiger partial charge in [-0.3, -0.25) is 0 Å². The summed E-state index contributed by atoms with van der Waals surface area (Å²) in [6.07, 6.45) is 2.07. The lowest BCUT2D eigenvalue weighted by atomic mass is 10.2. The fourth-order valence-electron chi connectivity index (χ4n) is 2.18. The molecule has 0 amide bonds. The third-order valence-electron chi connectivity index (χ3n) is 3.11. The zero-order chi connectivity index (χ0) is 13.8. The molecule has 1 heterocycles. The van der Waals surface area contributed by atoms with E-state index in [9.17, 15) is 0 Å². The number of aromatic amines is 1. The second-order valence-electron chi connectivity index (χ2n) is 4.51. The molecule has 102 valence electrons. The Kier molecular flexibility index (Phi) is 3.95. The molecule has 0 saturated carbocycles. The van der Waals surface area contributed by atoms with Crippen LogP contribution in [-0.4, -0.2) is 18.1 Å². The van der Waals surface area contributed by atoms with E-state index < -0.39 is 0 Å². The molecule has 0 bridgehead atoms. The molecule has 1 aromatic heterocycles. The maximum Gasteiger partial charge on any atom is 0.0701 e. The molecule has 20 heavy (non-hydrogen) atoms. The Hall–Kier alpha value is -1.91. The molecule has 3 rings (SSSR count). The van der Waals surface area contributed by atoms with Gasteiger partial charge in [-0.05, 0) is 18.2 Å². The van der Waals surface area contributed by atoms with Gasteiger partial charge >= 0.3 is 0 Å². The van der Waals surface area contributed by atoms with Crippen LogP contribution in [0, 0.1) is 0 Å². The fraction of sp³-hybridized carbons (Fsp3) is 0.125.